The first-order valence-corrected chi connectivity index (χ1v) is 6.55. The Morgan fingerprint density at radius 2 is 2.40 bits per heavy atom. The van der Waals surface area contributed by atoms with Gasteiger partial charge in [0.1, 0.15) is 0 Å². The van der Waals surface area contributed by atoms with Crippen LogP contribution in [0, 0.1) is 6.92 Å². The van der Waals surface area contributed by atoms with E-state index in [4.69, 9.17) is 0 Å². The smallest absolute Gasteiger partial charge is 0.0331 e. The Morgan fingerprint density at radius 1 is 1.53 bits per heavy atom. The molecular weight excluding hydrogens is 204 g/mol. The van der Waals surface area contributed by atoms with E-state index in [0.717, 1.165) is 19.1 Å². The van der Waals surface area contributed by atoms with Crippen LogP contribution in [0.5, 0.6) is 0 Å². The zero-order valence-corrected chi connectivity index (χ0v) is 10.4. The maximum Gasteiger partial charge on any atom is 0.0331 e. The average Bonchev–Trinajstić information content (AvgIpc) is 2.78. The Hall–Kier alpha value is -0.380. The maximum atomic E-state index is 3.29. The fourth-order valence-corrected chi connectivity index (χ4v) is 3.26. The maximum absolute atomic E-state index is 3.29. The van der Waals surface area contributed by atoms with Crippen molar-refractivity contribution in [2.45, 2.75) is 32.4 Å². The van der Waals surface area contributed by atoms with Crippen LogP contribution in [-0.4, -0.2) is 31.1 Å². The molecule has 84 valence electrons. The van der Waals surface area contributed by atoms with Crippen molar-refractivity contribution in [1.82, 2.24) is 10.2 Å². The molecule has 2 nitrogen and oxygen atoms in total. The van der Waals surface area contributed by atoms with E-state index in [2.05, 4.69) is 29.3 Å². The summed E-state index contributed by atoms with van der Waals surface area (Å²) in [6.07, 6.45) is 2.71. The highest BCUT2D eigenvalue weighted by molar-refractivity contribution is 7.11. The Balaban J connectivity index is 1.93. The third-order valence-electron chi connectivity index (χ3n) is 3.09. The minimum atomic E-state index is 0.748. The topological polar surface area (TPSA) is 15.3 Å². The third-order valence-corrected chi connectivity index (χ3v) is 4.08. The van der Waals surface area contributed by atoms with Crippen LogP contribution < -0.4 is 5.32 Å². The van der Waals surface area contributed by atoms with Gasteiger partial charge >= 0.3 is 0 Å². The first-order chi connectivity index (χ1) is 7.29. The molecule has 0 amide bonds. The molecule has 0 bridgehead atoms. The molecular formula is C12H20N2S. The molecule has 2 heterocycles. The summed E-state index contributed by atoms with van der Waals surface area (Å²) in [5, 5.41) is 3.29. The Labute approximate surface area is 96.3 Å². The van der Waals surface area contributed by atoms with Crippen molar-refractivity contribution >= 4 is 11.3 Å². The standard InChI is InChI=1S/C12H20N2S/c1-10-5-6-12(15-10)9-14-7-3-4-11(14)8-13-2/h5-6,11,13H,3-4,7-9H2,1-2H3. The fourth-order valence-electron chi connectivity index (χ4n) is 2.34. The molecule has 1 fully saturated rings. The van der Waals surface area contributed by atoms with Crippen LogP contribution in [0.4, 0.5) is 0 Å². The molecule has 0 aliphatic carbocycles. The van der Waals surface area contributed by atoms with Crippen LogP contribution in [0.15, 0.2) is 12.1 Å². The molecule has 1 N–H and O–H groups in total. The second-order valence-corrected chi connectivity index (χ2v) is 5.71. The van der Waals surface area contributed by atoms with Gasteiger partial charge in [0.05, 0.1) is 0 Å². The summed E-state index contributed by atoms with van der Waals surface area (Å²) in [6.45, 7) is 5.72. The fraction of sp³-hybridized carbons (Fsp3) is 0.667. The molecule has 1 aliphatic rings. The first kappa shape index (κ1) is 11.1. The largest absolute Gasteiger partial charge is 0.318 e. The van der Waals surface area contributed by atoms with Crippen molar-refractivity contribution in [2.24, 2.45) is 0 Å². The second kappa shape index (κ2) is 5.10. The van der Waals surface area contributed by atoms with Gasteiger partial charge < -0.3 is 5.32 Å². The van der Waals surface area contributed by atoms with Crippen molar-refractivity contribution in [3.05, 3.63) is 21.9 Å². The molecule has 3 heteroatoms. The van der Waals surface area contributed by atoms with Gasteiger partial charge in [-0.2, -0.15) is 0 Å². The molecule has 1 saturated heterocycles. The summed E-state index contributed by atoms with van der Waals surface area (Å²) in [6, 6.07) is 5.25. The molecule has 2 rings (SSSR count). The predicted octanol–water partition coefficient (Wildman–Crippen LogP) is 2.24. The average molecular weight is 224 g/mol. The lowest BCUT2D eigenvalue weighted by atomic mass is 10.2. The van der Waals surface area contributed by atoms with Crippen molar-refractivity contribution < 1.29 is 0 Å². The SMILES string of the molecule is CNCC1CCCN1Cc1ccc(C)s1. The highest BCUT2D eigenvalue weighted by Crippen LogP contribution is 2.23. The molecule has 1 atom stereocenters. The lowest BCUT2D eigenvalue weighted by Crippen LogP contribution is -2.36. The van der Waals surface area contributed by atoms with Crippen molar-refractivity contribution in [1.29, 1.82) is 0 Å². The summed E-state index contributed by atoms with van der Waals surface area (Å²) < 4.78 is 0. The zero-order chi connectivity index (χ0) is 10.7. The van der Waals surface area contributed by atoms with E-state index in [0.29, 0.717) is 0 Å². The van der Waals surface area contributed by atoms with Crippen molar-refractivity contribution in [3.63, 3.8) is 0 Å². The van der Waals surface area contributed by atoms with Gasteiger partial charge in [-0.1, -0.05) is 0 Å². The molecule has 1 aromatic heterocycles. The minimum Gasteiger partial charge on any atom is -0.318 e. The van der Waals surface area contributed by atoms with Crippen molar-refractivity contribution in [3.8, 4) is 0 Å². The molecule has 0 aromatic carbocycles. The molecule has 0 saturated carbocycles. The summed E-state index contributed by atoms with van der Waals surface area (Å²) >= 11 is 1.93. The molecule has 0 radical (unpaired) electrons. The number of nitrogens with zero attached hydrogens (tertiary/aromatic N) is 1. The molecule has 1 unspecified atom stereocenters. The van der Waals surface area contributed by atoms with Crippen LogP contribution in [0.1, 0.15) is 22.6 Å². The highest BCUT2D eigenvalue weighted by atomic mass is 32.1. The van der Waals surface area contributed by atoms with Gasteiger partial charge in [-0.3, -0.25) is 4.90 Å². The number of hydrogen-bond acceptors (Lipinski definition) is 3. The number of nitrogens with one attached hydrogen (secondary N) is 1. The highest BCUT2D eigenvalue weighted by Gasteiger charge is 2.23. The summed E-state index contributed by atoms with van der Waals surface area (Å²) in [7, 11) is 2.05. The Bertz CT molecular complexity index is 308. The van der Waals surface area contributed by atoms with Crippen LogP contribution in [0.2, 0.25) is 0 Å². The van der Waals surface area contributed by atoms with Crippen molar-refractivity contribution in [2.75, 3.05) is 20.1 Å². The summed E-state index contributed by atoms with van der Waals surface area (Å²) in [5.41, 5.74) is 0. The van der Waals surface area contributed by atoms with E-state index >= 15 is 0 Å². The lowest BCUT2D eigenvalue weighted by molar-refractivity contribution is 0.244. The quantitative estimate of drug-likeness (QED) is 0.844. The van der Waals surface area contributed by atoms with Gasteiger partial charge in [-0.05, 0) is 45.5 Å². The monoisotopic (exact) mass is 224 g/mol. The summed E-state index contributed by atoms with van der Waals surface area (Å²) in [4.78, 5) is 5.55. The van der Waals surface area contributed by atoms with Gasteiger partial charge in [0.25, 0.3) is 0 Å². The Kier molecular flexibility index (Phi) is 3.78. The van der Waals surface area contributed by atoms with Crippen LogP contribution in [0.25, 0.3) is 0 Å². The summed E-state index contributed by atoms with van der Waals surface area (Å²) in [5.74, 6) is 0. The number of aryl methyl sites for hydroxylation is 1. The second-order valence-electron chi connectivity index (χ2n) is 4.34. The zero-order valence-electron chi connectivity index (χ0n) is 9.62. The normalized spacial score (nSPS) is 22.4. The number of thiophene rings is 1. The van der Waals surface area contributed by atoms with E-state index in [-0.39, 0.29) is 0 Å². The van der Waals surface area contributed by atoms with E-state index in [9.17, 15) is 0 Å². The Morgan fingerprint density at radius 3 is 3.07 bits per heavy atom. The van der Waals surface area contributed by atoms with E-state index < -0.39 is 0 Å². The first-order valence-electron chi connectivity index (χ1n) is 5.73. The van der Waals surface area contributed by atoms with Gasteiger partial charge in [0.2, 0.25) is 0 Å². The van der Waals surface area contributed by atoms with Gasteiger partial charge in [-0.25, -0.2) is 0 Å². The number of rotatable bonds is 4. The molecule has 1 aliphatic heterocycles. The van der Waals surface area contributed by atoms with E-state index in [1.807, 2.05) is 18.4 Å². The lowest BCUT2D eigenvalue weighted by Gasteiger charge is -2.23. The number of likely N-dealkylation sites (tertiary alicyclic amines) is 1. The number of hydrogen-bond donors (Lipinski definition) is 1. The number of likely N-dealkylation sites (N-methyl/N-ethyl adjacent to an activating group) is 1. The third kappa shape index (κ3) is 2.80. The van der Waals surface area contributed by atoms with Gasteiger partial charge in [-0.15, -0.1) is 11.3 Å². The minimum absolute atomic E-state index is 0.748. The van der Waals surface area contributed by atoms with E-state index in [1.54, 1.807) is 0 Å². The van der Waals surface area contributed by atoms with Gasteiger partial charge in [0, 0.05) is 28.9 Å². The molecule has 0 spiro atoms. The van der Waals surface area contributed by atoms with Crippen LogP contribution >= 0.6 is 11.3 Å². The predicted molar refractivity (Wildman–Crippen MR) is 66.4 cm³/mol. The van der Waals surface area contributed by atoms with Gasteiger partial charge in [0.15, 0.2) is 0 Å². The van der Waals surface area contributed by atoms with Crippen LogP contribution in [0.3, 0.4) is 0 Å². The van der Waals surface area contributed by atoms with Crippen LogP contribution in [-0.2, 0) is 6.54 Å². The molecule has 1 aromatic rings. The van der Waals surface area contributed by atoms with E-state index in [1.165, 1.54) is 29.1 Å². The molecule has 15 heavy (non-hydrogen) atoms.